The third kappa shape index (κ3) is 5.98. The van der Waals surface area contributed by atoms with E-state index in [9.17, 15) is 24.1 Å². The van der Waals surface area contributed by atoms with Gasteiger partial charge in [-0.15, -0.1) is 0 Å². The van der Waals surface area contributed by atoms with Crippen LogP contribution in [0.3, 0.4) is 0 Å². The van der Waals surface area contributed by atoms with Gasteiger partial charge in [0.1, 0.15) is 24.1 Å². The highest BCUT2D eigenvalue weighted by atomic mass is 31.2. The van der Waals surface area contributed by atoms with Crippen LogP contribution in [0.1, 0.15) is 27.2 Å². The Morgan fingerprint density at radius 1 is 1.41 bits per heavy atom. The van der Waals surface area contributed by atoms with E-state index in [2.05, 4.69) is 22.1 Å². The van der Waals surface area contributed by atoms with Gasteiger partial charge in [-0.1, -0.05) is 25.1 Å². The van der Waals surface area contributed by atoms with E-state index >= 15 is 0 Å². The van der Waals surface area contributed by atoms with Crippen LogP contribution >= 0.6 is 7.75 Å². The minimum atomic E-state index is -4.22. The van der Waals surface area contributed by atoms with Gasteiger partial charge in [0.15, 0.2) is 12.8 Å². The van der Waals surface area contributed by atoms with Crippen LogP contribution in [0.4, 0.5) is 4.79 Å². The average Bonchev–Trinajstić information content (AvgIpc) is 2.87. The van der Waals surface area contributed by atoms with E-state index in [4.69, 9.17) is 18.5 Å². The van der Waals surface area contributed by atoms with E-state index < -0.39 is 60.7 Å². The lowest BCUT2D eigenvalue weighted by Crippen LogP contribution is -2.76. The number of imide groups is 1. The number of nitrogens with zero attached hydrogens (tertiary/aromatic N) is 2. The summed E-state index contributed by atoms with van der Waals surface area (Å²) in [6, 6.07) is 6.38. The molecule has 1 fully saturated rings. The molecule has 1 spiro atoms. The smallest absolute Gasteiger partial charge is 0.459 e. The van der Waals surface area contributed by atoms with Crippen LogP contribution in [0.5, 0.6) is 5.75 Å². The lowest BCUT2D eigenvalue weighted by Gasteiger charge is -2.51. The lowest BCUT2D eigenvalue weighted by atomic mass is 9.94. The molecule has 202 valence electrons. The molecular weight excluding hydrogens is 507 g/mol. The van der Waals surface area contributed by atoms with Crippen LogP contribution in [0.25, 0.3) is 0 Å². The summed E-state index contributed by atoms with van der Waals surface area (Å²) in [5.41, 5.74) is -1.58. The minimum Gasteiger partial charge on any atom is -0.465 e. The van der Waals surface area contributed by atoms with Crippen molar-refractivity contribution in [2.24, 2.45) is 4.99 Å². The van der Waals surface area contributed by atoms with Crippen LogP contribution in [0.15, 0.2) is 47.6 Å². The largest absolute Gasteiger partial charge is 0.465 e. The van der Waals surface area contributed by atoms with Crippen LogP contribution < -0.4 is 14.9 Å². The van der Waals surface area contributed by atoms with Crippen molar-refractivity contribution in [3.63, 3.8) is 0 Å². The van der Waals surface area contributed by atoms with Gasteiger partial charge in [-0.25, -0.2) is 19.7 Å². The number of hydrogen-bond donors (Lipinski definition) is 3. The molecule has 0 bridgehead atoms. The van der Waals surface area contributed by atoms with Gasteiger partial charge >= 0.3 is 19.7 Å². The molecule has 13 nitrogen and oxygen atoms in total. The molecule has 3 rings (SSSR count). The highest BCUT2D eigenvalue weighted by Gasteiger charge is 2.63. The molecule has 0 radical (unpaired) electrons. The second kappa shape index (κ2) is 11.6. The average molecular weight is 540 g/mol. The van der Waals surface area contributed by atoms with Crippen molar-refractivity contribution >= 4 is 32.4 Å². The Labute approximate surface area is 214 Å². The number of urea groups is 1. The van der Waals surface area contributed by atoms with Gasteiger partial charge in [0.2, 0.25) is 5.66 Å². The predicted molar refractivity (Wildman–Crippen MR) is 131 cm³/mol. The molecule has 6 atom stereocenters. The summed E-state index contributed by atoms with van der Waals surface area (Å²) >= 11 is 0. The first-order chi connectivity index (χ1) is 17.5. The summed E-state index contributed by atoms with van der Waals surface area (Å²) in [5, 5.41) is 15.9. The predicted octanol–water partition coefficient (Wildman–Crippen LogP) is 1.84. The molecule has 3 amide bonds. The number of quaternary nitrogens is 1. The third-order valence-corrected chi connectivity index (χ3v) is 7.78. The SMILES string of the molecule is C=NC1(C)[C@H](O)[C@@H](COP(=O)(N[C@@H](C)C(=O)OCCC)Oc2ccccc2)OC[N+]12C=CC(=O)NC2=O. The van der Waals surface area contributed by atoms with Crippen LogP contribution in [0, 0.1) is 0 Å². The summed E-state index contributed by atoms with van der Waals surface area (Å²) < 4.78 is 35.0. The van der Waals surface area contributed by atoms with Crippen molar-refractivity contribution in [2.75, 3.05) is 19.9 Å². The van der Waals surface area contributed by atoms with Gasteiger partial charge < -0.3 is 19.1 Å². The van der Waals surface area contributed by atoms with Crippen molar-refractivity contribution in [3.05, 3.63) is 42.6 Å². The topological polar surface area (TPSA) is 162 Å². The summed E-state index contributed by atoms with van der Waals surface area (Å²) in [6.45, 7) is 7.69. The number of aliphatic hydroxyl groups is 1. The van der Waals surface area contributed by atoms with E-state index in [0.29, 0.717) is 6.42 Å². The van der Waals surface area contributed by atoms with Gasteiger partial charge in [0, 0.05) is 6.92 Å². The fourth-order valence-electron chi connectivity index (χ4n) is 3.85. The second-order valence-electron chi connectivity index (χ2n) is 8.73. The number of amides is 3. The standard InChI is InChI=1S/C23H31N4O9P/c1-5-13-33-21(30)16(2)26-37(32,36-17-9-7-6-8-10-17)35-14-18-20(29)23(3,24-4)27(15-34-18)12-11-19(28)25-22(27)31/h6-12,16,18,20,29H,4-5,13-15H2,1-3H3,(H-,25,26,28,31,32)/p+1/t16-,18+,20+,23?,27?,37?/m0/s1. The van der Waals surface area contributed by atoms with Crippen LogP contribution in [-0.2, 0) is 28.2 Å². The number of para-hydroxylation sites is 1. The second-order valence-corrected chi connectivity index (χ2v) is 10.4. The number of carbonyl (C=O) groups is 3. The lowest BCUT2D eigenvalue weighted by molar-refractivity contribution is -0.891. The summed E-state index contributed by atoms with van der Waals surface area (Å²) in [6.07, 6.45) is 0.420. The summed E-state index contributed by atoms with van der Waals surface area (Å²) in [7, 11) is -4.22. The molecule has 37 heavy (non-hydrogen) atoms. The van der Waals surface area contributed by atoms with Crippen molar-refractivity contribution in [2.45, 2.75) is 51.1 Å². The number of ether oxygens (including phenoxy) is 2. The van der Waals surface area contributed by atoms with Gasteiger partial charge in [-0.05, 0) is 32.2 Å². The maximum atomic E-state index is 13.7. The zero-order chi connectivity index (χ0) is 27.3. The Morgan fingerprint density at radius 2 is 2.11 bits per heavy atom. The van der Waals surface area contributed by atoms with Crippen LogP contribution in [0.2, 0.25) is 0 Å². The Balaban J connectivity index is 1.80. The normalized spacial score (nSPS) is 29.7. The summed E-state index contributed by atoms with van der Waals surface area (Å²) in [4.78, 5) is 40.6. The zero-order valence-corrected chi connectivity index (χ0v) is 21.8. The Morgan fingerprint density at radius 3 is 2.73 bits per heavy atom. The van der Waals surface area contributed by atoms with Crippen molar-refractivity contribution in [1.29, 1.82) is 0 Å². The fourth-order valence-corrected chi connectivity index (χ4v) is 5.35. The molecule has 3 unspecified atom stereocenters. The Hall–Kier alpha value is -2.93. The number of aliphatic hydroxyl groups excluding tert-OH is 1. The number of esters is 1. The fraction of sp³-hybridized carbons (Fsp3) is 0.478. The molecule has 1 saturated heterocycles. The maximum absolute atomic E-state index is 13.7. The first-order valence-corrected chi connectivity index (χ1v) is 13.2. The quantitative estimate of drug-likeness (QED) is 0.164. The molecule has 0 aromatic heterocycles. The van der Waals surface area contributed by atoms with Gasteiger partial charge in [0.05, 0.1) is 19.3 Å². The molecule has 1 aromatic rings. The van der Waals surface area contributed by atoms with Crippen molar-refractivity contribution < 1.29 is 47.1 Å². The molecular formula is C23H32N4O9P+. The number of hydrogen-bond acceptors (Lipinski definition) is 10. The molecule has 0 saturated carbocycles. The highest BCUT2D eigenvalue weighted by Crippen LogP contribution is 2.46. The first-order valence-electron chi connectivity index (χ1n) is 11.6. The molecule has 0 aliphatic carbocycles. The minimum absolute atomic E-state index is 0.193. The molecule has 2 aliphatic heterocycles. The first kappa shape index (κ1) is 28.6. The molecule has 1 aromatic carbocycles. The number of benzene rings is 1. The van der Waals surface area contributed by atoms with E-state index in [1.54, 1.807) is 30.3 Å². The molecule has 2 aliphatic rings. The highest BCUT2D eigenvalue weighted by molar-refractivity contribution is 7.52. The summed E-state index contributed by atoms with van der Waals surface area (Å²) in [5.74, 6) is -1.06. The van der Waals surface area contributed by atoms with Gasteiger partial charge in [-0.2, -0.15) is 9.57 Å². The van der Waals surface area contributed by atoms with E-state index in [0.717, 1.165) is 6.08 Å². The molecule has 14 heteroatoms. The van der Waals surface area contributed by atoms with Gasteiger partial charge in [-0.3, -0.25) is 14.1 Å². The Kier molecular flexibility index (Phi) is 9.00. The van der Waals surface area contributed by atoms with Crippen LogP contribution in [-0.4, -0.2) is 78.1 Å². The molecule has 3 N–H and O–H groups in total. The van der Waals surface area contributed by atoms with E-state index in [1.807, 2.05) is 6.92 Å². The monoisotopic (exact) mass is 539 g/mol. The number of carbonyl (C=O) groups excluding carboxylic acids is 3. The number of aliphatic imine (C=N–C) groups is 1. The molecule has 2 heterocycles. The van der Waals surface area contributed by atoms with E-state index in [1.165, 1.54) is 20.0 Å². The third-order valence-electron chi connectivity index (χ3n) is 6.14. The zero-order valence-electron chi connectivity index (χ0n) is 20.9. The van der Waals surface area contributed by atoms with Gasteiger partial charge in [0.25, 0.3) is 5.91 Å². The number of nitrogens with one attached hydrogen (secondary N) is 2. The van der Waals surface area contributed by atoms with Crippen molar-refractivity contribution in [1.82, 2.24) is 10.4 Å². The van der Waals surface area contributed by atoms with Crippen molar-refractivity contribution in [3.8, 4) is 5.75 Å². The maximum Gasteiger partial charge on any atom is 0.459 e. The Bertz CT molecular complexity index is 1100. The number of rotatable bonds is 11. The van der Waals surface area contributed by atoms with E-state index in [-0.39, 0.29) is 19.1 Å².